The molecule has 0 radical (unpaired) electrons. The number of likely N-dealkylation sites (tertiary alicyclic amines) is 1. The molecule has 3 rings (SSSR count). The van der Waals surface area contributed by atoms with Crippen LogP contribution in [-0.2, 0) is 0 Å². The van der Waals surface area contributed by atoms with Gasteiger partial charge in [-0.2, -0.15) is 0 Å². The number of rotatable bonds is 1. The largest absolute Gasteiger partial charge is 0.339 e. The molecule has 1 amide bonds. The number of hydrogen-bond acceptors (Lipinski definition) is 2. The van der Waals surface area contributed by atoms with E-state index in [0.717, 1.165) is 44.6 Å². The minimum Gasteiger partial charge on any atom is -0.339 e. The Kier molecular flexibility index (Phi) is 3.98. The molecule has 0 aromatic heterocycles. The zero-order chi connectivity index (χ0) is 14.9. The van der Waals surface area contributed by atoms with Crippen molar-refractivity contribution < 1.29 is 9.18 Å². The van der Waals surface area contributed by atoms with Crippen LogP contribution in [-0.4, -0.2) is 37.0 Å². The van der Waals surface area contributed by atoms with E-state index >= 15 is 0 Å². The fourth-order valence-electron chi connectivity index (χ4n) is 3.64. The number of nitrogens with one attached hydrogen (secondary N) is 1. The molecule has 4 heteroatoms. The van der Waals surface area contributed by atoms with Gasteiger partial charge in [0.25, 0.3) is 5.91 Å². The predicted octanol–water partition coefficient (Wildman–Crippen LogP) is 2.74. The van der Waals surface area contributed by atoms with Crippen molar-refractivity contribution in [2.45, 2.75) is 32.6 Å². The van der Waals surface area contributed by atoms with Crippen LogP contribution in [0.3, 0.4) is 0 Å². The van der Waals surface area contributed by atoms with Gasteiger partial charge in [-0.1, -0.05) is 6.07 Å². The Morgan fingerprint density at radius 1 is 1.19 bits per heavy atom. The lowest BCUT2D eigenvalue weighted by molar-refractivity contribution is 0.0494. The summed E-state index contributed by atoms with van der Waals surface area (Å²) in [7, 11) is 0. The molecule has 2 aliphatic heterocycles. The van der Waals surface area contributed by atoms with Gasteiger partial charge in [-0.05, 0) is 68.8 Å². The Hall–Kier alpha value is -1.42. The van der Waals surface area contributed by atoms with Crippen LogP contribution < -0.4 is 5.32 Å². The minimum absolute atomic E-state index is 0.0178. The van der Waals surface area contributed by atoms with Crippen molar-refractivity contribution in [1.82, 2.24) is 10.2 Å². The standard InChI is InChI=1S/C17H23FN2O/c1-13-2-3-14(18)12-15(13)16(21)20-10-6-17(7-11-20)4-8-19-9-5-17/h2-3,12,19H,4-11H2,1H3. The third-order valence-electron chi connectivity index (χ3n) is 5.21. The van der Waals surface area contributed by atoms with Crippen molar-refractivity contribution in [2.24, 2.45) is 5.41 Å². The monoisotopic (exact) mass is 290 g/mol. The minimum atomic E-state index is -0.337. The van der Waals surface area contributed by atoms with Gasteiger partial charge in [0.1, 0.15) is 5.82 Å². The van der Waals surface area contributed by atoms with Gasteiger partial charge in [0.15, 0.2) is 0 Å². The van der Waals surface area contributed by atoms with Gasteiger partial charge in [-0.25, -0.2) is 4.39 Å². The molecule has 2 fully saturated rings. The molecule has 1 spiro atoms. The third-order valence-corrected chi connectivity index (χ3v) is 5.21. The van der Waals surface area contributed by atoms with Crippen LogP contribution in [0.2, 0.25) is 0 Å². The molecule has 114 valence electrons. The number of halogens is 1. The van der Waals surface area contributed by atoms with Gasteiger partial charge in [0, 0.05) is 18.7 Å². The van der Waals surface area contributed by atoms with Crippen LogP contribution in [0.4, 0.5) is 4.39 Å². The van der Waals surface area contributed by atoms with E-state index in [1.807, 2.05) is 11.8 Å². The number of aryl methyl sites for hydroxylation is 1. The second-order valence-electron chi connectivity index (χ2n) is 6.50. The van der Waals surface area contributed by atoms with Crippen LogP contribution in [0.5, 0.6) is 0 Å². The normalized spacial score (nSPS) is 21.5. The summed E-state index contributed by atoms with van der Waals surface area (Å²) in [5.41, 5.74) is 1.79. The van der Waals surface area contributed by atoms with Gasteiger partial charge in [0.05, 0.1) is 0 Å². The molecule has 0 saturated carbocycles. The van der Waals surface area contributed by atoms with Gasteiger partial charge >= 0.3 is 0 Å². The number of amides is 1. The Labute approximate surface area is 125 Å². The highest BCUT2D eigenvalue weighted by Crippen LogP contribution is 2.39. The Balaban J connectivity index is 1.69. The number of hydrogen-bond donors (Lipinski definition) is 1. The summed E-state index contributed by atoms with van der Waals surface area (Å²) in [4.78, 5) is 14.5. The number of benzene rings is 1. The molecule has 21 heavy (non-hydrogen) atoms. The average Bonchev–Trinajstić information content (AvgIpc) is 2.51. The molecule has 0 aliphatic carbocycles. The van der Waals surface area contributed by atoms with Crippen LogP contribution in [0.15, 0.2) is 18.2 Å². The summed E-state index contributed by atoms with van der Waals surface area (Å²) >= 11 is 0. The lowest BCUT2D eigenvalue weighted by Gasteiger charge is -2.44. The molecule has 0 atom stereocenters. The molecule has 3 nitrogen and oxygen atoms in total. The molecule has 2 saturated heterocycles. The summed E-state index contributed by atoms with van der Waals surface area (Å²) in [6.07, 6.45) is 4.59. The molecule has 0 unspecified atom stereocenters. The molecule has 2 aliphatic rings. The topological polar surface area (TPSA) is 32.3 Å². The van der Waals surface area contributed by atoms with E-state index in [9.17, 15) is 9.18 Å². The van der Waals surface area contributed by atoms with Crippen LogP contribution in [0.1, 0.15) is 41.6 Å². The highest BCUT2D eigenvalue weighted by molar-refractivity contribution is 5.95. The van der Waals surface area contributed by atoms with Crippen LogP contribution >= 0.6 is 0 Å². The first-order chi connectivity index (χ1) is 10.1. The first-order valence-corrected chi connectivity index (χ1v) is 7.86. The maximum absolute atomic E-state index is 13.4. The van der Waals surface area contributed by atoms with Crippen molar-refractivity contribution >= 4 is 5.91 Å². The van der Waals surface area contributed by atoms with Crippen molar-refractivity contribution in [2.75, 3.05) is 26.2 Å². The summed E-state index contributed by atoms with van der Waals surface area (Å²) < 4.78 is 13.4. The molecule has 2 heterocycles. The van der Waals surface area contributed by atoms with E-state index in [1.165, 1.54) is 25.0 Å². The molecule has 1 aromatic carbocycles. The molecular weight excluding hydrogens is 267 g/mol. The summed E-state index contributed by atoms with van der Waals surface area (Å²) in [6.45, 7) is 5.66. The second kappa shape index (κ2) is 5.76. The Morgan fingerprint density at radius 3 is 2.52 bits per heavy atom. The quantitative estimate of drug-likeness (QED) is 0.862. The number of piperidine rings is 2. The van der Waals surface area contributed by atoms with Gasteiger partial charge in [-0.3, -0.25) is 4.79 Å². The van der Waals surface area contributed by atoms with Crippen LogP contribution in [0.25, 0.3) is 0 Å². The van der Waals surface area contributed by atoms with E-state index in [1.54, 1.807) is 6.07 Å². The first kappa shape index (κ1) is 14.5. The van der Waals surface area contributed by atoms with Gasteiger partial charge < -0.3 is 10.2 Å². The third kappa shape index (κ3) is 2.95. The highest BCUT2D eigenvalue weighted by Gasteiger charge is 2.36. The van der Waals surface area contributed by atoms with E-state index in [-0.39, 0.29) is 11.7 Å². The number of nitrogens with zero attached hydrogens (tertiary/aromatic N) is 1. The lowest BCUT2D eigenvalue weighted by atomic mass is 9.71. The first-order valence-electron chi connectivity index (χ1n) is 7.86. The van der Waals surface area contributed by atoms with Crippen LogP contribution in [0, 0.1) is 18.2 Å². The second-order valence-corrected chi connectivity index (χ2v) is 6.50. The van der Waals surface area contributed by atoms with Crippen molar-refractivity contribution in [3.63, 3.8) is 0 Å². The summed E-state index contributed by atoms with van der Waals surface area (Å²) in [6, 6.07) is 4.46. The molecule has 1 N–H and O–H groups in total. The summed E-state index contributed by atoms with van der Waals surface area (Å²) in [5.74, 6) is -0.355. The maximum atomic E-state index is 13.4. The van der Waals surface area contributed by atoms with Crippen molar-refractivity contribution in [3.8, 4) is 0 Å². The van der Waals surface area contributed by atoms with E-state index in [0.29, 0.717) is 11.0 Å². The van der Waals surface area contributed by atoms with E-state index in [4.69, 9.17) is 0 Å². The van der Waals surface area contributed by atoms with Gasteiger partial charge in [0.2, 0.25) is 0 Å². The number of carbonyl (C=O) groups is 1. The van der Waals surface area contributed by atoms with E-state index < -0.39 is 0 Å². The zero-order valence-electron chi connectivity index (χ0n) is 12.6. The summed E-state index contributed by atoms with van der Waals surface area (Å²) in [5, 5.41) is 3.41. The number of carbonyl (C=O) groups excluding carboxylic acids is 1. The van der Waals surface area contributed by atoms with Crippen molar-refractivity contribution in [1.29, 1.82) is 0 Å². The molecular formula is C17H23FN2O. The Morgan fingerprint density at radius 2 is 1.86 bits per heavy atom. The lowest BCUT2D eigenvalue weighted by Crippen LogP contribution is -2.47. The fraction of sp³-hybridized carbons (Fsp3) is 0.588. The highest BCUT2D eigenvalue weighted by atomic mass is 19.1. The Bertz CT molecular complexity index is 528. The predicted molar refractivity (Wildman–Crippen MR) is 80.8 cm³/mol. The fourth-order valence-corrected chi connectivity index (χ4v) is 3.64. The SMILES string of the molecule is Cc1ccc(F)cc1C(=O)N1CCC2(CCNCC2)CC1. The van der Waals surface area contributed by atoms with Gasteiger partial charge in [-0.15, -0.1) is 0 Å². The van der Waals surface area contributed by atoms with Crippen molar-refractivity contribution in [3.05, 3.63) is 35.1 Å². The average molecular weight is 290 g/mol. The molecule has 1 aromatic rings. The molecule has 0 bridgehead atoms. The zero-order valence-corrected chi connectivity index (χ0v) is 12.6. The smallest absolute Gasteiger partial charge is 0.254 e. The van der Waals surface area contributed by atoms with E-state index in [2.05, 4.69) is 5.32 Å². The maximum Gasteiger partial charge on any atom is 0.254 e.